The van der Waals surface area contributed by atoms with Crippen molar-refractivity contribution in [3.63, 3.8) is 0 Å². The van der Waals surface area contributed by atoms with Gasteiger partial charge in [0.05, 0.1) is 6.10 Å². The molecule has 2 N–H and O–H groups in total. The second-order valence-electron chi connectivity index (χ2n) is 4.15. The SMILES string of the molecule is C=C(C)CC(ON)C(C)(C)C. The van der Waals surface area contributed by atoms with Crippen molar-refractivity contribution in [2.75, 3.05) is 0 Å². The van der Waals surface area contributed by atoms with E-state index in [2.05, 4.69) is 27.4 Å². The fourth-order valence-electron chi connectivity index (χ4n) is 0.875. The van der Waals surface area contributed by atoms with Gasteiger partial charge in [0.1, 0.15) is 0 Å². The summed E-state index contributed by atoms with van der Waals surface area (Å²) in [5.41, 5.74) is 1.20. The monoisotopic (exact) mass is 157 g/mol. The molecule has 0 amide bonds. The van der Waals surface area contributed by atoms with Crippen LogP contribution in [-0.4, -0.2) is 6.10 Å². The molecule has 0 heterocycles. The van der Waals surface area contributed by atoms with Gasteiger partial charge in [-0.2, -0.15) is 0 Å². The summed E-state index contributed by atoms with van der Waals surface area (Å²) in [4.78, 5) is 4.86. The molecule has 0 bridgehead atoms. The minimum absolute atomic E-state index is 0.0694. The Balaban J connectivity index is 4.07. The molecule has 2 heteroatoms. The minimum atomic E-state index is 0.0694. The fraction of sp³-hybridized carbons (Fsp3) is 0.778. The largest absolute Gasteiger partial charge is 0.300 e. The van der Waals surface area contributed by atoms with E-state index in [0.717, 1.165) is 12.0 Å². The Kier molecular flexibility index (Phi) is 3.76. The van der Waals surface area contributed by atoms with Gasteiger partial charge in [0, 0.05) is 0 Å². The third-order valence-electron chi connectivity index (χ3n) is 1.66. The van der Waals surface area contributed by atoms with Crippen LogP contribution in [0.25, 0.3) is 0 Å². The molecule has 0 aliphatic carbocycles. The zero-order valence-electron chi connectivity index (χ0n) is 7.98. The van der Waals surface area contributed by atoms with Gasteiger partial charge in [-0.3, -0.25) is 0 Å². The molecular weight excluding hydrogens is 138 g/mol. The summed E-state index contributed by atoms with van der Waals surface area (Å²) < 4.78 is 0. The molecule has 0 aromatic rings. The maximum atomic E-state index is 5.17. The average Bonchev–Trinajstić information content (AvgIpc) is 1.79. The van der Waals surface area contributed by atoms with Crippen molar-refractivity contribution in [3.8, 4) is 0 Å². The van der Waals surface area contributed by atoms with E-state index in [4.69, 9.17) is 10.7 Å². The van der Waals surface area contributed by atoms with Crippen molar-refractivity contribution in [1.82, 2.24) is 0 Å². The minimum Gasteiger partial charge on any atom is -0.300 e. The zero-order chi connectivity index (χ0) is 9.07. The Morgan fingerprint density at radius 1 is 1.55 bits per heavy atom. The number of hydrogen-bond donors (Lipinski definition) is 1. The fourth-order valence-corrected chi connectivity index (χ4v) is 0.875. The van der Waals surface area contributed by atoms with Crippen molar-refractivity contribution in [1.29, 1.82) is 0 Å². The Labute approximate surface area is 69.4 Å². The first-order chi connectivity index (χ1) is 4.88. The van der Waals surface area contributed by atoms with E-state index in [1.54, 1.807) is 0 Å². The van der Waals surface area contributed by atoms with Crippen LogP contribution in [0, 0.1) is 5.41 Å². The topological polar surface area (TPSA) is 35.2 Å². The second-order valence-corrected chi connectivity index (χ2v) is 4.15. The van der Waals surface area contributed by atoms with E-state index in [9.17, 15) is 0 Å². The molecule has 1 unspecified atom stereocenters. The lowest BCUT2D eigenvalue weighted by Crippen LogP contribution is -2.31. The highest BCUT2D eigenvalue weighted by molar-refractivity contribution is 4.93. The van der Waals surface area contributed by atoms with Gasteiger partial charge in [0.15, 0.2) is 0 Å². The van der Waals surface area contributed by atoms with Gasteiger partial charge in [0.25, 0.3) is 0 Å². The number of nitrogens with two attached hydrogens (primary N) is 1. The van der Waals surface area contributed by atoms with Crippen molar-refractivity contribution in [2.45, 2.75) is 40.2 Å². The summed E-state index contributed by atoms with van der Waals surface area (Å²) in [5.74, 6) is 5.17. The summed E-state index contributed by atoms with van der Waals surface area (Å²) in [6.07, 6.45) is 0.903. The summed E-state index contributed by atoms with van der Waals surface area (Å²) in [5, 5.41) is 0. The molecule has 2 nitrogen and oxygen atoms in total. The Morgan fingerprint density at radius 3 is 2.09 bits per heavy atom. The van der Waals surface area contributed by atoms with Gasteiger partial charge in [-0.1, -0.05) is 26.3 Å². The first-order valence-corrected chi connectivity index (χ1v) is 3.88. The summed E-state index contributed by atoms with van der Waals surface area (Å²) in [7, 11) is 0. The van der Waals surface area contributed by atoms with Gasteiger partial charge < -0.3 is 4.84 Å². The Morgan fingerprint density at radius 2 is 2.00 bits per heavy atom. The lowest BCUT2D eigenvalue weighted by Gasteiger charge is -2.28. The first-order valence-electron chi connectivity index (χ1n) is 3.88. The van der Waals surface area contributed by atoms with E-state index in [0.29, 0.717) is 0 Å². The smallest absolute Gasteiger partial charge is 0.0872 e. The molecule has 0 rings (SSSR count). The third-order valence-corrected chi connectivity index (χ3v) is 1.66. The van der Waals surface area contributed by atoms with Crippen molar-refractivity contribution < 1.29 is 4.84 Å². The zero-order valence-corrected chi connectivity index (χ0v) is 7.98. The molecule has 11 heavy (non-hydrogen) atoms. The molecule has 0 aliphatic rings. The van der Waals surface area contributed by atoms with Crippen LogP contribution in [0.3, 0.4) is 0 Å². The van der Waals surface area contributed by atoms with E-state index in [1.165, 1.54) is 0 Å². The van der Waals surface area contributed by atoms with Gasteiger partial charge in [0.2, 0.25) is 0 Å². The van der Waals surface area contributed by atoms with E-state index in [1.807, 2.05) is 6.92 Å². The van der Waals surface area contributed by atoms with Crippen LogP contribution in [0.1, 0.15) is 34.1 Å². The van der Waals surface area contributed by atoms with Gasteiger partial charge >= 0.3 is 0 Å². The number of rotatable bonds is 3. The van der Waals surface area contributed by atoms with Crippen LogP contribution < -0.4 is 5.90 Å². The van der Waals surface area contributed by atoms with Crippen LogP contribution in [0.15, 0.2) is 12.2 Å². The van der Waals surface area contributed by atoms with E-state index >= 15 is 0 Å². The molecule has 0 fully saturated rings. The van der Waals surface area contributed by atoms with Crippen LogP contribution in [0.4, 0.5) is 0 Å². The van der Waals surface area contributed by atoms with Gasteiger partial charge in [-0.05, 0) is 18.8 Å². The molecule has 0 spiro atoms. The molecule has 0 aliphatic heterocycles. The van der Waals surface area contributed by atoms with Crippen molar-refractivity contribution >= 4 is 0 Å². The maximum absolute atomic E-state index is 5.17. The number of hydrogen-bond acceptors (Lipinski definition) is 2. The highest BCUT2D eigenvalue weighted by Gasteiger charge is 2.24. The van der Waals surface area contributed by atoms with Crippen molar-refractivity contribution in [3.05, 3.63) is 12.2 Å². The highest BCUT2D eigenvalue weighted by atomic mass is 16.6. The standard InChI is InChI=1S/C9H19NO/c1-7(2)6-8(11-10)9(3,4)5/h8H,1,6,10H2,2-5H3. The highest BCUT2D eigenvalue weighted by Crippen LogP contribution is 2.25. The second kappa shape index (κ2) is 3.88. The quantitative estimate of drug-likeness (QED) is 0.504. The third kappa shape index (κ3) is 4.17. The molecule has 1 atom stereocenters. The van der Waals surface area contributed by atoms with Crippen molar-refractivity contribution in [2.24, 2.45) is 11.3 Å². The van der Waals surface area contributed by atoms with E-state index in [-0.39, 0.29) is 11.5 Å². The normalized spacial score (nSPS) is 14.6. The van der Waals surface area contributed by atoms with Gasteiger partial charge in [-0.25, -0.2) is 5.90 Å². The molecule has 0 saturated carbocycles. The maximum Gasteiger partial charge on any atom is 0.0872 e. The summed E-state index contributed by atoms with van der Waals surface area (Å²) in [6, 6.07) is 0. The first kappa shape index (κ1) is 10.7. The summed E-state index contributed by atoms with van der Waals surface area (Å²) >= 11 is 0. The van der Waals surface area contributed by atoms with Crippen LogP contribution in [0.2, 0.25) is 0 Å². The van der Waals surface area contributed by atoms with E-state index < -0.39 is 0 Å². The van der Waals surface area contributed by atoms with Crippen LogP contribution >= 0.6 is 0 Å². The lowest BCUT2D eigenvalue weighted by atomic mass is 9.86. The van der Waals surface area contributed by atoms with Gasteiger partial charge in [-0.15, -0.1) is 6.58 Å². The average molecular weight is 157 g/mol. The summed E-state index contributed by atoms with van der Waals surface area (Å²) in [6.45, 7) is 12.1. The predicted octanol–water partition coefficient (Wildman–Crippen LogP) is 2.26. The van der Waals surface area contributed by atoms with Crippen LogP contribution in [-0.2, 0) is 4.84 Å². The Bertz CT molecular complexity index is 135. The molecular formula is C9H19NO. The van der Waals surface area contributed by atoms with Crippen LogP contribution in [0.5, 0.6) is 0 Å². The predicted molar refractivity (Wildman–Crippen MR) is 47.9 cm³/mol. The lowest BCUT2D eigenvalue weighted by molar-refractivity contribution is -0.0184. The molecule has 0 radical (unpaired) electrons. The molecule has 0 aromatic carbocycles. The Hall–Kier alpha value is -0.340. The molecule has 0 aromatic heterocycles. The molecule has 0 saturated heterocycles. The molecule has 66 valence electrons.